The van der Waals surface area contributed by atoms with Crippen LogP contribution >= 0.6 is 11.8 Å². The van der Waals surface area contributed by atoms with E-state index in [4.69, 9.17) is 4.74 Å². The largest absolute Gasteiger partial charge is 0.490 e. The Morgan fingerprint density at radius 2 is 1.79 bits per heavy atom. The number of carbonyl (C=O) groups excluding carboxylic acids is 1. The standard InChI is InChI=1S/C23H23N3O2S/c1-16-15-20(29-23-24-13-4-14-25-23)11-12-21(16)26-22(27)17-7-9-19(10-8-17)28-18-5-2-3-6-18/h4,7-15,18H,2-3,5-6H2,1H3,(H,26,27). The molecule has 6 heteroatoms. The first-order chi connectivity index (χ1) is 14.2. The number of carbonyl (C=O) groups is 1. The summed E-state index contributed by atoms with van der Waals surface area (Å²) < 4.78 is 5.97. The minimum Gasteiger partial charge on any atom is -0.490 e. The molecule has 0 saturated heterocycles. The van der Waals surface area contributed by atoms with Crippen molar-refractivity contribution in [2.45, 2.75) is 48.8 Å². The smallest absolute Gasteiger partial charge is 0.255 e. The maximum Gasteiger partial charge on any atom is 0.255 e. The fourth-order valence-electron chi connectivity index (χ4n) is 3.36. The first-order valence-electron chi connectivity index (χ1n) is 9.81. The first-order valence-corrected chi connectivity index (χ1v) is 10.6. The highest BCUT2D eigenvalue weighted by molar-refractivity contribution is 7.99. The van der Waals surface area contributed by atoms with E-state index in [-0.39, 0.29) is 5.91 Å². The van der Waals surface area contributed by atoms with Crippen molar-refractivity contribution in [2.75, 3.05) is 5.32 Å². The highest BCUT2D eigenvalue weighted by Gasteiger charge is 2.16. The average Bonchev–Trinajstić information content (AvgIpc) is 3.24. The van der Waals surface area contributed by atoms with Crippen molar-refractivity contribution >= 4 is 23.4 Å². The third-order valence-electron chi connectivity index (χ3n) is 4.92. The Hall–Kier alpha value is -2.86. The van der Waals surface area contributed by atoms with Crippen molar-refractivity contribution in [1.29, 1.82) is 0 Å². The van der Waals surface area contributed by atoms with E-state index < -0.39 is 0 Å². The molecule has 0 spiro atoms. The van der Waals surface area contributed by atoms with E-state index in [9.17, 15) is 4.79 Å². The van der Waals surface area contributed by atoms with Crippen molar-refractivity contribution < 1.29 is 9.53 Å². The molecule has 0 atom stereocenters. The summed E-state index contributed by atoms with van der Waals surface area (Å²) >= 11 is 1.49. The number of nitrogens with zero attached hydrogens (tertiary/aromatic N) is 2. The van der Waals surface area contributed by atoms with Crippen molar-refractivity contribution in [3.05, 3.63) is 72.1 Å². The normalized spacial score (nSPS) is 14.0. The molecular formula is C23H23N3O2S. The molecule has 29 heavy (non-hydrogen) atoms. The van der Waals surface area contributed by atoms with Gasteiger partial charge >= 0.3 is 0 Å². The molecule has 0 aliphatic heterocycles. The molecule has 1 N–H and O–H groups in total. The molecule has 1 heterocycles. The quantitative estimate of drug-likeness (QED) is 0.548. The lowest BCUT2D eigenvalue weighted by atomic mass is 10.1. The molecule has 0 unspecified atom stereocenters. The monoisotopic (exact) mass is 405 g/mol. The number of rotatable bonds is 6. The Morgan fingerprint density at radius 3 is 2.48 bits per heavy atom. The van der Waals surface area contributed by atoms with Crippen LogP contribution < -0.4 is 10.1 Å². The lowest BCUT2D eigenvalue weighted by Crippen LogP contribution is -2.13. The maximum atomic E-state index is 12.6. The molecule has 0 radical (unpaired) electrons. The zero-order chi connectivity index (χ0) is 20.1. The van der Waals surface area contributed by atoms with Crippen LogP contribution in [0.15, 0.2) is 71.0 Å². The summed E-state index contributed by atoms with van der Waals surface area (Å²) in [6, 6.07) is 15.1. The van der Waals surface area contributed by atoms with Crippen LogP contribution in [0.5, 0.6) is 5.75 Å². The number of aromatic nitrogens is 2. The Labute approximate surface area is 174 Å². The van der Waals surface area contributed by atoms with E-state index in [1.165, 1.54) is 24.6 Å². The summed E-state index contributed by atoms with van der Waals surface area (Å²) in [6.45, 7) is 1.98. The van der Waals surface area contributed by atoms with Crippen LogP contribution in [0.25, 0.3) is 0 Å². The zero-order valence-corrected chi connectivity index (χ0v) is 17.1. The number of aryl methyl sites for hydroxylation is 1. The third kappa shape index (κ3) is 5.15. The van der Waals surface area contributed by atoms with Crippen LogP contribution in [0.2, 0.25) is 0 Å². The summed E-state index contributed by atoms with van der Waals surface area (Å²) in [7, 11) is 0. The number of ether oxygens (including phenoxy) is 1. The molecule has 1 aliphatic carbocycles. The van der Waals surface area contributed by atoms with Gasteiger partial charge in [-0.3, -0.25) is 4.79 Å². The minimum absolute atomic E-state index is 0.132. The molecule has 4 rings (SSSR count). The predicted molar refractivity (Wildman–Crippen MR) is 115 cm³/mol. The number of amides is 1. The van der Waals surface area contributed by atoms with Crippen molar-refractivity contribution in [2.24, 2.45) is 0 Å². The Bertz CT molecular complexity index is 971. The van der Waals surface area contributed by atoms with Crippen LogP contribution in [-0.2, 0) is 0 Å². The Morgan fingerprint density at radius 1 is 1.07 bits per heavy atom. The van der Waals surface area contributed by atoms with E-state index in [1.54, 1.807) is 18.5 Å². The van der Waals surface area contributed by atoms with Gasteiger partial charge in [-0.2, -0.15) is 0 Å². The van der Waals surface area contributed by atoms with Crippen molar-refractivity contribution in [3.8, 4) is 5.75 Å². The van der Waals surface area contributed by atoms with Gasteiger partial charge < -0.3 is 10.1 Å². The molecule has 1 fully saturated rings. The highest BCUT2D eigenvalue weighted by Crippen LogP contribution is 2.28. The zero-order valence-electron chi connectivity index (χ0n) is 16.3. The van der Waals surface area contributed by atoms with Gasteiger partial charge in [0, 0.05) is 28.5 Å². The molecule has 3 aromatic rings. The summed E-state index contributed by atoms with van der Waals surface area (Å²) in [5.74, 6) is 0.696. The highest BCUT2D eigenvalue weighted by atomic mass is 32.2. The van der Waals surface area contributed by atoms with Crippen LogP contribution in [0.1, 0.15) is 41.6 Å². The topological polar surface area (TPSA) is 64.1 Å². The van der Waals surface area contributed by atoms with Crippen LogP contribution in [-0.4, -0.2) is 22.0 Å². The molecule has 1 amide bonds. The fraction of sp³-hybridized carbons (Fsp3) is 0.261. The minimum atomic E-state index is -0.132. The van der Waals surface area contributed by atoms with Gasteiger partial charge in [0.1, 0.15) is 5.75 Å². The molecule has 0 bridgehead atoms. The second-order valence-corrected chi connectivity index (χ2v) is 8.15. The summed E-state index contributed by atoms with van der Waals surface area (Å²) in [5, 5.41) is 3.69. The summed E-state index contributed by atoms with van der Waals surface area (Å²) in [5.41, 5.74) is 2.39. The van der Waals surface area contributed by atoms with E-state index in [0.29, 0.717) is 16.8 Å². The van der Waals surface area contributed by atoms with Gasteiger partial charge in [-0.15, -0.1) is 0 Å². The van der Waals surface area contributed by atoms with Crippen molar-refractivity contribution in [1.82, 2.24) is 9.97 Å². The molecule has 1 saturated carbocycles. The SMILES string of the molecule is Cc1cc(Sc2ncccn2)ccc1NC(=O)c1ccc(OC2CCCC2)cc1. The van der Waals surface area contributed by atoms with Gasteiger partial charge in [-0.05, 0) is 98.5 Å². The Balaban J connectivity index is 1.38. The van der Waals surface area contributed by atoms with Gasteiger partial charge in [0.05, 0.1) is 6.10 Å². The Kier molecular flexibility index (Phi) is 6.10. The number of hydrogen-bond acceptors (Lipinski definition) is 5. The molecule has 5 nitrogen and oxygen atoms in total. The van der Waals surface area contributed by atoms with Gasteiger partial charge in [-0.25, -0.2) is 9.97 Å². The molecule has 1 aliphatic rings. The predicted octanol–water partition coefficient (Wildman–Crippen LogP) is 5.51. The molecule has 2 aromatic carbocycles. The van der Waals surface area contributed by atoms with E-state index in [0.717, 1.165) is 34.7 Å². The van der Waals surface area contributed by atoms with E-state index in [1.807, 2.05) is 49.4 Å². The second-order valence-electron chi connectivity index (χ2n) is 7.11. The number of hydrogen-bond donors (Lipinski definition) is 1. The summed E-state index contributed by atoms with van der Waals surface area (Å²) in [6.07, 6.45) is 8.47. The van der Waals surface area contributed by atoms with E-state index in [2.05, 4.69) is 15.3 Å². The van der Waals surface area contributed by atoms with Gasteiger partial charge in [-0.1, -0.05) is 0 Å². The lowest BCUT2D eigenvalue weighted by Gasteiger charge is -2.13. The molecular weight excluding hydrogens is 382 g/mol. The summed E-state index contributed by atoms with van der Waals surface area (Å²) in [4.78, 5) is 22.1. The number of nitrogens with one attached hydrogen (secondary N) is 1. The number of anilines is 1. The third-order valence-corrected chi connectivity index (χ3v) is 5.80. The second kappa shape index (κ2) is 9.09. The molecule has 148 valence electrons. The van der Waals surface area contributed by atoms with Crippen molar-refractivity contribution in [3.63, 3.8) is 0 Å². The maximum absolute atomic E-state index is 12.6. The lowest BCUT2D eigenvalue weighted by molar-refractivity contribution is 0.102. The number of benzene rings is 2. The van der Waals surface area contributed by atoms with Gasteiger partial charge in [0.25, 0.3) is 5.91 Å². The first kappa shape index (κ1) is 19.5. The van der Waals surface area contributed by atoms with Crippen LogP contribution in [0, 0.1) is 6.92 Å². The van der Waals surface area contributed by atoms with Crippen LogP contribution in [0.3, 0.4) is 0 Å². The molecule has 1 aromatic heterocycles. The van der Waals surface area contributed by atoms with Gasteiger partial charge in [0.15, 0.2) is 5.16 Å². The van der Waals surface area contributed by atoms with E-state index >= 15 is 0 Å². The fourth-order valence-corrected chi connectivity index (χ4v) is 4.17. The van der Waals surface area contributed by atoms with Crippen LogP contribution in [0.4, 0.5) is 5.69 Å². The van der Waals surface area contributed by atoms with Gasteiger partial charge in [0.2, 0.25) is 0 Å². The average molecular weight is 406 g/mol.